The molecule has 3 aromatic rings. The highest BCUT2D eigenvalue weighted by atomic mass is 35.5. The first kappa shape index (κ1) is 18.4. The van der Waals surface area contributed by atoms with Crippen molar-refractivity contribution in [2.75, 3.05) is 6.54 Å². The van der Waals surface area contributed by atoms with Crippen LogP contribution in [0.15, 0.2) is 41.2 Å². The summed E-state index contributed by atoms with van der Waals surface area (Å²) in [7, 11) is 0. The predicted octanol–water partition coefficient (Wildman–Crippen LogP) is 4.03. The number of rotatable bonds is 4. The van der Waals surface area contributed by atoms with E-state index in [1.807, 2.05) is 0 Å². The Labute approximate surface area is 158 Å². The summed E-state index contributed by atoms with van der Waals surface area (Å²) in [5.74, 6) is -0.883. The summed E-state index contributed by atoms with van der Waals surface area (Å²) in [5, 5.41) is 0.364. The molecule has 26 heavy (non-hydrogen) atoms. The number of amides is 1. The zero-order valence-electron chi connectivity index (χ0n) is 13.7. The van der Waals surface area contributed by atoms with Crippen molar-refractivity contribution in [3.05, 3.63) is 74.0 Å². The first-order chi connectivity index (χ1) is 12.4. The Bertz CT molecular complexity index is 1050. The van der Waals surface area contributed by atoms with Crippen LogP contribution >= 0.6 is 23.2 Å². The Morgan fingerprint density at radius 1 is 1.23 bits per heavy atom. The van der Waals surface area contributed by atoms with Gasteiger partial charge in [-0.2, -0.15) is 0 Å². The van der Waals surface area contributed by atoms with Gasteiger partial charge in [0.2, 0.25) is 0 Å². The zero-order chi connectivity index (χ0) is 18.8. The molecule has 3 rings (SSSR count). The van der Waals surface area contributed by atoms with Crippen LogP contribution in [0.25, 0.3) is 10.9 Å². The maximum Gasteiger partial charge on any atom is 0.258 e. The molecule has 2 aromatic carbocycles. The van der Waals surface area contributed by atoms with Gasteiger partial charge in [-0.25, -0.2) is 9.37 Å². The molecule has 134 valence electrons. The molecular weight excluding hydrogens is 380 g/mol. The van der Waals surface area contributed by atoms with Gasteiger partial charge in [0.1, 0.15) is 11.6 Å². The fraction of sp³-hybridized carbons (Fsp3) is 0.167. The molecular formula is C18H14Cl2FN3O2. The number of hydrogen-bond acceptors (Lipinski definition) is 3. The van der Waals surface area contributed by atoms with Gasteiger partial charge >= 0.3 is 0 Å². The molecule has 5 nitrogen and oxygen atoms in total. The van der Waals surface area contributed by atoms with Crippen LogP contribution in [0, 0.1) is 5.82 Å². The second kappa shape index (κ2) is 7.43. The van der Waals surface area contributed by atoms with Crippen molar-refractivity contribution < 1.29 is 9.18 Å². The van der Waals surface area contributed by atoms with Crippen LogP contribution in [0.3, 0.4) is 0 Å². The number of para-hydroxylation sites is 1. The zero-order valence-corrected chi connectivity index (χ0v) is 15.2. The minimum absolute atomic E-state index is 0.00134. The average molecular weight is 394 g/mol. The van der Waals surface area contributed by atoms with Crippen molar-refractivity contribution >= 4 is 40.0 Å². The van der Waals surface area contributed by atoms with E-state index >= 15 is 0 Å². The number of carbonyl (C=O) groups is 1. The molecule has 0 saturated carbocycles. The predicted molar refractivity (Wildman–Crippen MR) is 99.2 cm³/mol. The first-order valence-corrected chi connectivity index (χ1v) is 8.58. The molecule has 0 aliphatic heterocycles. The van der Waals surface area contributed by atoms with E-state index in [2.05, 4.69) is 9.97 Å². The monoisotopic (exact) mass is 393 g/mol. The normalized spacial score (nSPS) is 10.9. The van der Waals surface area contributed by atoms with E-state index in [-0.39, 0.29) is 27.7 Å². The van der Waals surface area contributed by atoms with Crippen LogP contribution < -0.4 is 5.56 Å². The number of hydrogen-bond donors (Lipinski definition) is 1. The Morgan fingerprint density at radius 3 is 2.69 bits per heavy atom. The third-order valence-corrected chi connectivity index (χ3v) is 4.51. The molecule has 0 atom stereocenters. The van der Waals surface area contributed by atoms with E-state index in [1.54, 1.807) is 31.2 Å². The second-order valence-electron chi connectivity index (χ2n) is 5.60. The van der Waals surface area contributed by atoms with Gasteiger partial charge in [0, 0.05) is 6.54 Å². The maximum atomic E-state index is 13.7. The Balaban J connectivity index is 1.94. The van der Waals surface area contributed by atoms with E-state index in [9.17, 15) is 14.0 Å². The van der Waals surface area contributed by atoms with Crippen molar-refractivity contribution in [2.24, 2.45) is 0 Å². The summed E-state index contributed by atoms with van der Waals surface area (Å²) < 4.78 is 13.7. The molecule has 1 heterocycles. The summed E-state index contributed by atoms with van der Waals surface area (Å²) in [4.78, 5) is 33.3. The van der Waals surface area contributed by atoms with Crippen LogP contribution in [-0.4, -0.2) is 27.3 Å². The van der Waals surface area contributed by atoms with Crippen molar-refractivity contribution in [2.45, 2.75) is 13.5 Å². The van der Waals surface area contributed by atoms with Crippen LogP contribution in [-0.2, 0) is 6.54 Å². The quantitative estimate of drug-likeness (QED) is 0.680. The van der Waals surface area contributed by atoms with E-state index < -0.39 is 11.7 Å². The molecule has 0 spiro atoms. The Morgan fingerprint density at radius 2 is 1.96 bits per heavy atom. The van der Waals surface area contributed by atoms with Gasteiger partial charge in [0.25, 0.3) is 11.5 Å². The van der Waals surface area contributed by atoms with Crippen LogP contribution in [0.1, 0.15) is 23.1 Å². The number of fused-ring (bicyclic) bond motifs is 1. The molecule has 0 bridgehead atoms. The lowest BCUT2D eigenvalue weighted by Gasteiger charge is -2.21. The standard InChI is InChI=1S/C18H14Cl2FN3O2/c1-2-24(18(26)11-7-14(21)13(20)8-12(11)19)9-16-22-15-6-4-3-5-10(15)17(25)23-16/h3-8H,2,9H2,1H3,(H,22,23,25). The largest absolute Gasteiger partial charge is 0.331 e. The van der Waals surface area contributed by atoms with Gasteiger partial charge in [0.15, 0.2) is 0 Å². The highest BCUT2D eigenvalue weighted by Gasteiger charge is 2.20. The summed E-state index contributed by atoms with van der Waals surface area (Å²) in [5.41, 5.74) is 0.244. The third kappa shape index (κ3) is 3.57. The van der Waals surface area contributed by atoms with Crippen LogP contribution in [0.4, 0.5) is 4.39 Å². The van der Waals surface area contributed by atoms with E-state index in [0.717, 1.165) is 6.07 Å². The van der Waals surface area contributed by atoms with Gasteiger partial charge < -0.3 is 9.88 Å². The first-order valence-electron chi connectivity index (χ1n) is 7.82. The topological polar surface area (TPSA) is 66.1 Å². The van der Waals surface area contributed by atoms with Gasteiger partial charge in [-0.1, -0.05) is 35.3 Å². The number of benzene rings is 2. The lowest BCUT2D eigenvalue weighted by Crippen LogP contribution is -2.32. The van der Waals surface area contributed by atoms with Gasteiger partial charge in [-0.05, 0) is 31.2 Å². The number of nitrogens with one attached hydrogen (secondary N) is 1. The highest BCUT2D eigenvalue weighted by Crippen LogP contribution is 2.25. The molecule has 0 aliphatic rings. The van der Waals surface area contributed by atoms with Gasteiger partial charge in [-0.3, -0.25) is 9.59 Å². The number of aromatic nitrogens is 2. The number of aromatic amines is 1. The summed E-state index contributed by atoms with van der Waals surface area (Å²) in [6.45, 7) is 2.13. The van der Waals surface area contributed by atoms with Gasteiger partial charge in [-0.15, -0.1) is 0 Å². The molecule has 1 amide bonds. The lowest BCUT2D eigenvalue weighted by atomic mass is 10.2. The van der Waals surface area contributed by atoms with Gasteiger partial charge in [0.05, 0.1) is 33.1 Å². The number of carbonyl (C=O) groups excluding carboxylic acids is 1. The lowest BCUT2D eigenvalue weighted by molar-refractivity contribution is 0.0748. The Hall–Kier alpha value is -2.44. The SMILES string of the molecule is CCN(Cc1nc2ccccc2c(=O)[nH]1)C(=O)c1cc(F)c(Cl)cc1Cl. The molecule has 0 unspecified atom stereocenters. The van der Waals surface area contributed by atoms with Crippen LogP contribution in [0.2, 0.25) is 10.0 Å². The molecule has 0 saturated heterocycles. The van der Waals surface area contributed by atoms with Crippen molar-refractivity contribution in [3.8, 4) is 0 Å². The van der Waals surface area contributed by atoms with Crippen molar-refractivity contribution in [1.29, 1.82) is 0 Å². The van der Waals surface area contributed by atoms with Crippen molar-refractivity contribution in [1.82, 2.24) is 14.9 Å². The smallest absolute Gasteiger partial charge is 0.258 e. The van der Waals surface area contributed by atoms with Crippen molar-refractivity contribution in [3.63, 3.8) is 0 Å². The molecule has 0 aliphatic carbocycles. The fourth-order valence-electron chi connectivity index (χ4n) is 2.57. The Kier molecular flexibility index (Phi) is 5.25. The summed E-state index contributed by atoms with van der Waals surface area (Å²) in [6, 6.07) is 9.11. The maximum absolute atomic E-state index is 13.7. The molecule has 0 radical (unpaired) electrons. The molecule has 0 fully saturated rings. The number of halogens is 3. The summed E-state index contributed by atoms with van der Waals surface area (Å²) >= 11 is 11.7. The molecule has 1 N–H and O–H groups in total. The highest BCUT2D eigenvalue weighted by molar-refractivity contribution is 6.36. The molecule has 1 aromatic heterocycles. The minimum Gasteiger partial charge on any atom is -0.331 e. The third-order valence-electron chi connectivity index (χ3n) is 3.91. The van der Waals surface area contributed by atoms with E-state index in [1.165, 1.54) is 11.0 Å². The fourth-order valence-corrected chi connectivity index (χ4v) is 3.04. The number of nitrogens with zero attached hydrogens (tertiary/aromatic N) is 2. The summed E-state index contributed by atoms with van der Waals surface area (Å²) in [6.07, 6.45) is 0. The minimum atomic E-state index is -0.729. The molecule has 8 heteroatoms. The van der Waals surface area contributed by atoms with Crippen LogP contribution in [0.5, 0.6) is 0 Å². The van der Waals surface area contributed by atoms with E-state index in [0.29, 0.717) is 23.3 Å². The average Bonchev–Trinajstić information content (AvgIpc) is 2.62. The second-order valence-corrected chi connectivity index (χ2v) is 6.41. The number of H-pyrrole nitrogens is 1. The van der Waals surface area contributed by atoms with E-state index in [4.69, 9.17) is 23.2 Å².